The maximum absolute atomic E-state index is 13.5. The molecular weight excluding hydrogens is 398 g/mol. The average molecular weight is 434 g/mol. The van der Waals surface area contributed by atoms with Crippen molar-refractivity contribution in [2.45, 2.75) is 49.7 Å². The zero-order valence-electron chi connectivity index (χ0n) is 18.9. The second kappa shape index (κ2) is 6.39. The number of hydrogen-bond donors (Lipinski definition) is 2. The third kappa shape index (κ3) is 2.02. The number of fused-ring (bicyclic) bond motifs is 2. The van der Waals surface area contributed by atoms with Crippen LogP contribution in [0, 0.1) is 40.4 Å². The lowest BCUT2D eigenvalue weighted by molar-refractivity contribution is -0.230. The highest BCUT2D eigenvalue weighted by Crippen LogP contribution is 2.77. The summed E-state index contributed by atoms with van der Waals surface area (Å²) in [7, 11) is 5.07. The fraction of sp³-hybridized carbons (Fsp3) is 0.875. The van der Waals surface area contributed by atoms with Crippen LogP contribution < -0.4 is 0 Å². The molecule has 12 atom stereocenters. The van der Waals surface area contributed by atoms with Crippen molar-refractivity contribution in [2.24, 2.45) is 40.4 Å². The first-order valence-corrected chi connectivity index (χ1v) is 11.8. The van der Waals surface area contributed by atoms with Gasteiger partial charge in [-0.15, -0.1) is 0 Å². The average Bonchev–Trinajstić information content (AvgIpc) is 3.15. The number of carbonyl (C=O) groups excluding carboxylic acids is 1. The molecular formula is C24H35NO6. The molecule has 0 unspecified atom stereocenters. The lowest BCUT2D eigenvalue weighted by Gasteiger charge is -2.65. The summed E-state index contributed by atoms with van der Waals surface area (Å²) in [4.78, 5) is 15.9. The SMILES string of the molecule is CCN1C[C@]2(COC)C(=O)C=C[C@@]34[C@@H]2[C@@H](OC)[C@@H]([C@@H]13)[C@@]1(O)C[C@H](OC)[C@@H]2C[C@H]4[C@H]1[C@H]2O. The van der Waals surface area contributed by atoms with Gasteiger partial charge in [0.15, 0.2) is 5.78 Å². The highest BCUT2D eigenvalue weighted by atomic mass is 16.5. The van der Waals surface area contributed by atoms with Gasteiger partial charge in [-0.1, -0.05) is 13.0 Å². The van der Waals surface area contributed by atoms with Crippen LogP contribution in [0.25, 0.3) is 0 Å². The maximum atomic E-state index is 13.5. The number of likely N-dealkylation sites (tertiary alicyclic amines) is 1. The molecule has 0 aromatic rings. The highest BCUT2D eigenvalue weighted by molar-refractivity contribution is 5.97. The number of carbonyl (C=O) groups is 1. The molecule has 0 aromatic carbocycles. The molecule has 1 aliphatic heterocycles. The van der Waals surface area contributed by atoms with Crippen LogP contribution in [-0.2, 0) is 19.0 Å². The minimum Gasteiger partial charge on any atom is -0.392 e. The fourth-order valence-corrected chi connectivity index (χ4v) is 9.91. The molecule has 0 radical (unpaired) electrons. The number of aliphatic hydroxyl groups excluding tert-OH is 1. The summed E-state index contributed by atoms with van der Waals surface area (Å²) in [5.41, 5.74) is -2.09. The zero-order valence-corrected chi connectivity index (χ0v) is 18.9. The Morgan fingerprint density at radius 3 is 2.65 bits per heavy atom. The molecule has 0 aromatic heterocycles. The highest BCUT2D eigenvalue weighted by Gasteiger charge is 2.84. The van der Waals surface area contributed by atoms with Gasteiger partial charge in [0, 0.05) is 69.4 Å². The van der Waals surface area contributed by atoms with E-state index in [0.717, 1.165) is 13.0 Å². The molecule has 7 nitrogen and oxygen atoms in total. The van der Waals surface area contributed by atoms with E-state index in [9.17, 15) is 15.0 Å². The van der Waals surface area contributed by atoms with E-state index in [2.05, 4.69) is 17.9 Å². The minimum atomic E-state index is -1.08. The van der Waals surface area contributed by atoms with Gasteiger partial charge in [0.05, 0.1) is 35.9 Å². The van der Waals surface area contributed by atoms with Crippen LogP contribution in [0.3, 0.4) is 0 Å². The van der Waals surface area contributed by atoms with Crippen molar-refractivity contribution in [3.8, 4) is 0 Å². The summed E-state index contributed by atoms with van der Waals surface area (Å²) in [5, 5.41) is 23.8. The first-order chi connectivity index (χ1) is 14.9. The summed E-state index contributed by atoms with van der Waals surface area (Å²) in [5.74, 6) is -0.259. The first-order valence-electron chi connectivity index (χ1n) is 11.8. The molecule has 7 heteroatoms. The smallest absolute Gasteiger partial charge is 0.165 e. The van der Waals surface area contributed by atoms with E-state index in [1.165, 1.54) is 0 Å². The van der Waals surface area contributed by atoms with Gasteiger partial charge in [-0.25, -0.2) is 0 Å². The summed E-state index contributed by atoms with van der Waals surface area (Å²) in [6.45, 7) is 3.91. The van der Waals surface area contributed by atoms with E-state index in [1.54, 1.807) is 27.4 Å². The van der Waals surface area contributed by atoms with Crippen molar-refractivity contribution in [3.63, 3.8) is 0 Å². The van der Waals surface area contributed by atoms with E-state index in [1.807, 2.05) is 0 Å². The van der Waals surface area contributed by atoms with Crippen LogP contribution in [0.5, 0.6) is 0 Å². The zero-order chi connectivity index (χ0) is 21.9. The van der Waals surface area contributed by atoms with E-state index in [4.69, 9.17) is 14.2 Å². The van der Waals surface area contributed by atoms with Crippen molar-refractivity contribution in [2.75, 3.05) is 41.0 Å². The minimum absolute atomic E-state index is 0.0219. The van der Waals surface area contributed by atoms with Crippen molar-refractivity contribution in [1.82, 2.24) is 4.90 Å². The van der Waals surface area contributed by atoms with E-state index in [-0.39, 0.29) is 59.0 Å². The van der Waals surface area contributed by atoms with Gasteiger partial charge in [-0.2, -0.15) is 0 Å². The summed E-state index contributed by atoms with van der Waals surface area (Å²) < 4.78 is 17.7. The number of ketones is 1. The van der Waals surface area contributed by atoms with Crippen molar-refractivity contribution >= 4 is 5.78 Å². The predicted octanol–water partition coefficient (Wildman–Crippen LogP) is 0.486. The number of ether oxygens (including phenoxy) is 3. The fourth-order valence-electron chi connectivity index (χ4n) is 9.91. The Hall–Kier alpha value is -0.830. The Labute approximate surface area is 183 Å². The number of aliphatic hydroxyl groups is 2. The number of piperidine rings is 1. The standard InChI is InChI=1S/C24H35NO6/c1-5-25-10-22(11-29-2)15(26)6-7-23-13-8-12-14(30-3)9-24(28,16(13)18(12)27)17(21(23)25)19(31-4)20(22)23/h6-7,12-14,16-21,27-28H,5,8-11H2,1-4H3/t12-,13-,14-,16-,17-,18-,19-,20+,21+,22-,23+,24+/m0/s1. The quantitative estimate of drug-likeness (QED) is 0.652. The normalized spacial score (nSPS) is 58.8. The van der Waals surface area contributed by atoms with Gasteiger partial charge in [-0.3, -0.25) is 9.69 Å². The Kier molecular flexibility index (Phi) is 4.28. The van der Waals surface area contributed by atoms with Crippen LogP contribution in [0.15, 0.2) is 12.2 Å². The van der Waals surface area contributed by atoms with Gasteiger partial charge >= 0.3 is 0 Å². The van der Waals surface area contributed by atoms with Crippen molar-refractivity contribution in [1.29, 1.82) is 0 Å². The van der Waals surface area contributed by atoms with Crippen molar-refractivity contribution < 1.29 is 29.2 Å². The lowest BCUT2D eigenvalue weighted by Crippen LogP contribution is -2.73. The second-order valence-electron chi connectivity index (χ2n) is 11.0. The third-order valence-electron chi connectivity index (χ3n) is 10.5. The molecule has 5 fully saturated rings. The molecule has 0 amide bonds. The molecule has 1 saturated heterocycles. The third-order valence-corrected chi connectivity index (χ3v) is 10.5. The second-order valence-corrected chi connectivity index (χ2v) is 11.0. The summed E-state index contributed by atoms with van der Waals surface area (Å²) in [6.07, 6.45) is 4.24. The van der Waals surface area contributed by atoms with Crippen LogP contribution in [-0.4, -0.2) is 91.9 Å². The molecule has 2 N–H and O–H groups in total. The van der Waals surface area contributed by atoms with Gasteiger partial charge < -0.3 is 24.4 Å². The van der Waals surface area contributed by atoms with Crippen LogP contribution >= 0.6 is 0 Å². The van der Waals surface area contributed by atoms with Gasteiger partial charge in [0.25, 0.3) is 0 Å². The molecule has 4 saturated carbocycles. The number of allylic oxidation sites excluding steroid dienone is 1. The molecule has 6 aliphatic rings. The number of nitrogens with zero attached hydrogens (tertiary/aromatic N) is 1. The van der Waals surface area contributed by atoms with E-state index < -0.39 is 17.1 Å². The molecule has 172 valence electrons. The summed E-state index contributed by atoms with van der Waals surface area (Å²) >= 11 is 0. The monoisotopic (exact) mass is 433 g/mol. The molecule has 1 spiro atoms. The van der Waals surface area contributed by atoms with Crippen LogP contribution in [0.4, 0.5) is 0 Å². The summed E-state index contributed by atoms with van der Waals surface area (Å²) in [6, 6.07) is 0.0783. The van der Waals surface area contributed by atoms with Crippen LogP contribution in [0.1, 0.15) is 19.8 Å². The largest absolute Gasteiger partial charge is 0.392 e. The Bertz CT molecular complexity index is 833. The Morgan fingerprint density at radius 1 is 1.23 bits per heavy atom. The molecule has 5 aliphatic carbocycles. The van der Waals surface area contributed by atoms with Gasteiger partial charge in [0.1, 0.15) is 0 Å². The maximum Gasteiger partial charge on any atom is 0.165 e. The molecule has 31 heavy (non-hydrogen) atoms. The van der Waals surface area contributed by atoms with Crippen LogP contribution in [0.2, 0.25) is 0 Å². The first kappa shape index (κ1) is 20.8. The molecule has 1 heterocycles. The Morgan fingerprint density at radius 2 is 2.00 bits per heavy atom. The Balaban J connectivity index is 1.64. The van der Waals surface area contributed by atoms with Crippen molar-refractivity contribution in [3.05, 3.63) is 12.2 Å². The van der Waals surface area contributed by atoms with E-state index >= 15 is 0 Å². The molecule has 7 bridgehead atoms. The lowest BCUT2D eigenvalue weighted by atomic mass is 9.46. The molecule has 6 rings (SSSR count). The topological polar surface area (TPSA) is 88.5 Å². The van der Waals surface area contributed by atoms with Gasteiger partial charge in [-0.05, 0) is 25.0 Å². The number of hydrogen-bond acceptors (Lipinski definition) is 7. The van der Waals surface area contributed by atoms with E-state index in [0.29, 0.717) is 19.6 Å². The predicted molar refractivity (Wildman–Crippen MR) is 111 cm³/mol. The van der Waals surface area contributed by atoms with Gasteiger partial charge in [0.2, 0.25) is 0 Å². The number of methoxy groups -OCH3 is 3. The number of rotatable bonds is 5.